The van der Waals surface area contributed by atoms with Crippen LogP contribution in [-0.2, 0) is 4.79 Å². The Morgan fingerprint density at radius 3 is 2.42 bits per heavy atom. The van der Waals surface area contributed by atoms with Crippen molar-refractivity contribution in [3.63, 3.8) is 0 Å². The number of carboxylic acid groups (broad SMARTS) is 1. The maximum absolute atomic E-state index is 11.0. The number of aromatic nitrogens is 1. The molecule has 1 aromatic carbocycles. The summed E-state index contributed by atoms with van der Waals surface area (Å²) in [4.78, 5) is 11.0. The van der Waals surface area contributed by atoms with E-state index in [1.54, 1.807) is 0 Å². The van der Waals surface area contributed by atoms with Crippen molar-refractivity contribution >= 4 is 5.97 Å². The number of ether oxygens (including phenoxy) is 1. The lowest BCUT2D eigenvalue weighted by Gasteiger charge is -2.18. The van der Waals surface area contributed by atoms with Gasteiger partial charge in [-0.3, -0.25) is 4.79 Å². The molecule has 19 heavy (non-hydrogen) atoms. The van der Waals surface area contributed by atoms with Gasteiger partial charge in [0.15, 0.2) is 0 Å². The number of carbonyl (C=O) groups is 1. The molecule has 4 nitrogen and oxygen atoms in total. The van der Waals surface area contributed by atoms with Crippen molar-refractivity contribution < 1.29 is 14.6 Å². The van der Waals surface area contributed by atoms with Gasteiger partial charge in [0.1, 0.15) is 5.75 Å². The predicted molar refractivity (Wildman–Crippen MR) is 72.4 cm³/mol. The van der Waals surface area contributed by atoms with Crippen molar-refractivity contribution in [1.29, 1.82) is 0 Å². The second kappa shape index (κ2) is 6.09. The monoisotopic (exact) mass is 259 g/mol. The van der Waals surface area contributed by atoms with Crippen LogP contribution in [0, 0.1) is 0 Å². The Bertz CT molecular complexity index is 517. The van der Waals surface area contributed by atoms with E-state index in [0.29, 0.717) is 6.61 Å². The minimum atomic E-state index is -0.812. The van der Waals surface area contributed by atoms with Crippen LogP contribution in [0.3, 0.4) is 0 Å². The van der Waals surface area contributed by atoms with Crippen molar-refractivity contribution in [2.24, 2.45) is 0 Å². The highest BCUT2D eigenvalue weighted by Gasteiger charge is 2.16. The van der Waals surface area contributed by atoms with Crippen LogP contribution < -0.4 is 4.74 Å². The lowest BCUT2D eigenvalue weighted by atomic mass is 10.0. The van der Waals surface area contributed by atoms with Gasteiger partial charge in [-0.05, 0) is 36.8 Å². The summed E-state index contributed by atoms with van der Waals surface area (Å²) in [5, 5.41) is 9.04. The largest absolute Gasteiger partial charge is 0.494 e. The summed E-state index contributed by atoms with van der Waals surface area (Å²) >= 11 is 0. The Balaban J connectivity index is 2.25. The third-order valence-corrected chi connectivity index (χ3v) is 2.93. The van der Waals surface area contributed by atoms with Gasteiger partial charge in [0, 0.05) is 12.4 Å². The number of benzene rings is 1. The van der Waals surface area contributed by atoms with Gasteiger partial charge in [0.2, 0.25) is 0 Å². The fraction of sp³-hybridized carbons (Fsp3) is 0.267. The van der Waals surface area contributed by atoms with E-state index in [1.807, 2.05) is 60.3 Å². The van der Waals surface area contributed by atoms with Crippen LogP contribution in [0.15, 0.2) is 48.8 Å². The highest BCUT2D eigenvalue weighted by atomic mass is 16.5. The molecule has 1 N–H and O–H groups in total. The van der Waals surface area contributed by atoms with E-state index < -0.39 is 5.97 Å². The lowest BCUT2D eigenvalue weighted by Crippen LogP contribution is -2.13. The second-order valence-electron chi connectivity index (χ2n) is 4.25. The second-order valence-corrected chi connectivity index (χ2v) is 4.25. The maximum Gasteiger partial charge on any atom is 0.305 e. The van der Waals surface area contributed by atoms with E-state index >= 15 is 0 Å². The van der Waals surface area contributed by atoms with Crippen molar-refractivity contribution in [3.8, 4) is 5.75 Å². The van der Waals surface area contributed by atoms with Crippen LogP contribution in [0.25, 0.3) is 0 Å². The number of carboxylic acids is 1. The Hall–Kier alpha value is -2.23. The van der Waals surface area contributed by atoms with Crippen LogP contribution in [0.5, 0.6) is 5.75 Å². The molecule has 4 heteroatoms. The van der Waals surface area contributed by atoms with Gasteiger partial charge >= 0.3 is 5.97 Å². The smallest absolute Gasteiger partial charge is 0.305 e. The SMILES string of the molecule is CCOc1ccc([C@H](CC(=O)O)n2cccc2)cc1. The zero-order valence-electron chi connectivity index (χ0n) is 10.8. The highest BCUT2D eigenvalue weighted by Crippen LogP contribution is 2.24. The lowest BCUT2D eigenvalue weighted by molar-refractivity contribution is -0.137. The topological polar surface area (TPSA) is 51.5 Å². The molecule has 2 aromatic rings. The fourth-order valence-electron chi connectivity index (χ4n) is 2.07. The molecule has 0 aliphatic rings. The van der Waals surface area contributed by atoms with Gasteiger partial charge in [-0.15, -0.1) is 0 Å². The number of aliphatic carboxylic acids is 1. The van der Waals surface area contributed by atoms with Gasteiger partial charge in [0.25, 0.3) is 0 Å². The molecule has 1 heterocycles. The number of hydrogen-bond donors (Lipinski definition) is 1. The molecule has 0 saturated heterocycles. The van der Waals surface area contributed by atoms with Crippen LogP contribution in [-0.4, -0.2) is 22.2 Å². The normalized spacial score (nSPS) is 12.1. The van der Waals surface area contributed by atoms with E-state index in [-0.39, 0.29) is 12.5 Å². The molecular weight excluding hydrogens is 242 g/mol. The average molecular weight is 259 g/mol. The van der Waals surface area contributed by atoms with Crippen molar-refractivity contribution in [3.05, 3.63) is 54.4 Å². The summed E-state index contributed by atoms with van der Waals surface area (Å²) in [6.07, 6.45) is 3.82. The van der Waals surface area contributed by atoms with Gasteiger partial charge in [-0.1, -0.05) is 12.1 Å². The summed E-state index contributed by atoms with van der Waals surface area (Å²) < 4.78 is 7.30. The molecule has 0 spiro atoms. The predicted octanol–water partition coefficient (Wildman–Crippen LogP) is 2.95. The van der Waals surface area contributed by atoms with Gasteiger partial charge < -0.3 is 14.4 Å². The Morgan fingerprint density at radius 2 is 1.89 bits per heavy atom. The molecular formula is C15H17NO3. The molecule has 0 aliphatic heterocycles. The maximum atomic E-state index is 11.0. The zero-order chi connectivity index (χ0) is 13.7. The van der Waals surface area contributed by atoms with Crippen LogP contribution >= 0.6 is 0 Å². The zero-order valence-corrected chi connectivity index (χ0v) is 10.8. The quantitative estimate of drug-likeness (QED) is 0.867. The molecule has 0 amide bonds. The van der Waals surface area contributed by atoms with Gasteiger partial charge in [-0.25, -0.2) is 0 Å². The number of rotatable bonds is 6. The molecule has 0 fully saturated rings. The van der Waals surface area contributed by atoms with Crippen molar-refractivity contribution in [2.75, 3.05) is 6.61 Å². The van der Waals surface area contributed by atoms with E-state index in [1.165, 1.54) is 0 Å². The molecule has 0 aliphatic carbocycles. The molecule has 1 atom stereocenters. The fourth-order valence-corrected chi connectivity index (χ4v) is 2.07. The standard InChI is InChI=1S/C15H17NO3/c1-2-19-13-7-5-12(6-8-13)14(11-15(17)18)16-9-3-4-10-16/h3-10,14H,2,11H2,1H3,(H,17,18)/t14-/m0/s1. The first-order valence-electron chi connectivity index (χ1n) is 6.27. The first-order valence-corrected chi connectivity index (χ1v) is 6.27. The molecule has 2 rings (SSSR count). The molecule has 0 unspecified atom stereocenters. The van der Waals surface area contributed by atoms with Crippen molar-refractivity contribution in [1.82, 2.24) is 4.57 Å². The summed E-state index contributed by atoms with van der Waals surface area (Å²) in [5.74, 6) is -0.0135. The average Bonchev–Trinajstić information content (AvgIpc) is 2.91. The molecule has 0 bridgehead atoms. The van der Waals surface area contributed by atoms with Gasteiger partial charge in [0.05, 0.1) is 19.1 Å². The molecule has 1 aromatic heterocycles. The first-order chi connectivity index (χ1) is 9.20. The summed E-state index contributed by atoms with van der Waals surface area (Å²) in [6.45, 7) is 2.55. The summed E-state index contributed by atoms with van der Waals surface area (Å²) in [6, 6.07) is 11.2. The summed E-state index contributed by atoms with van der Waals surface area (Å²) in [7, 11) is 0. The first kappa shape index (κ1) is 13.2. The molecule has 100 valence electrons. The summed E-state index contributed by atoms with van der Waals surface area (Å²) in [5.41, 5.74) is 0.960. The minimum Gasteiger partial charge on any atom is -0.494 e. The highest BCUT2D eigenvalue weighted by molar-refractivity contribution is 5.68. The number of nitrogens with zero attached hydrogens (tertiary/aromatic N) is 1. The molecule has 0 saturated carbocycles. The Morgan fingerprint density at radius 1 is 1.26 bits per heavy atom. The Kier molecular flexibility index (Phi) is 4.23. The van der Waals surface area contributed by atoms with Crippen LogP contribution in [0.2, 0.25) is 0 Å². The van der Waals surface area contributed by atoms with E-state index in [0.717, 1.165) is 11.3 Å². The number of hydrogen-bond acceptors (Lipinski definition) is 2. The van der Waals surface area contributed by atoms with Crippen molar-refractivity contribution in [2.45, 2.75) is 19.4 Å². The molecule has 0 radical (unpaired) electrons. The third kappa shape index (κ3) is 3.37. The van der Waals surface area contributed by atoms with Gasteiger partial charge in [-0.2, -0.15) is 0 Å². The third-order valence-electron chi connectivity index (χ3n) is 2.93. The van der Waals surface area contributed by atoms with Crippen LogP contribution in [0.1, 0.15) is 24.9 Å². The Labute approximate surface area is 112 Å². The van der Waals surface area contributed by atoms with E-state index in [4.69, 9.17) is 9.84 Å². The van der Waals surface area contributed by atoms with Crippen LogP contribution in [0.4, 0.5) is 0 Å². The van der Waals surface area contributed by atoms with E-state index in [9.17, 15) is 4.79 Å². The van der Waals surface area contributed by atoms with E-state index in [2.05, 4.69) is 0 Å². The minimum absolute atomic E-state index is 0.0582.